The number of halogens is 1. The number of benzene rings is 1. The first-order valence-electron chi connectivity index (χ1n) is 6.80. The molecule has 4 nitrogen and oxygen atoms in total. The van der Waals surface area contributed by atoms with E-state index in [1.165, 1.54) is 12.1 Å². The van der Waals surface area contributed by atoms with Crippen LogP contribution >= 0.6 is 0 Å². The average molecular weight is 276 g/mol. The maximum Gasteiger partial charge on any atom is 0.224 e. The summed E-state index contributed by atoms with van der Waals surface area (Å²) >= 11 is 0. The first kappa shape index (κ1) is 14.5. The number of rotatable bonds is 4. The van der Waals surface area contributed by atoms with Crippen LogP contribution in [0.1, 0.15) is 37.7 Å². The number of anilines is 1. The molecule has 5 heteroatoms. The molecule has 0 aliphatic carbocycles. The van der Waals surface area contributed by atoms with E-state index in [-0.39, 0.29) is 23.3 Å². The second kappa shape index (κ2) is 7.01. The Hall–Kier alpha value is -1.93. The number of nitriles is 1. The lowest BCUT2D eigenvalue weighted by Crippen LogP contribution is -2.22. The van der Waals surface area contributed by atoms with Gasteiger partial charge in [0.1, 0.15) is 5.82 Å². The lowest BCUT2D eigenvalue weighted by atomic mass is 10.0. The minimum absolute atomic E-state index is 0.110. The summed E-state index contributed by atoms with van der Waals surface area (Å²) in [5, 5.41) is 11.2. The largest absolute Gasteiger partial charge is 0.378 e. The van der Waals surface area contributed by atoms with E-state index in [1.807, 2.05) is 6.07 Å². The van der Waals surface area contributed by atoms with Crippen molar-refractivity contribution in [2.24, 2.45) is 0 Å². The van der Waals surface area contributed by atoms with Gasteiger partial charge in [-0.1, -0.05) is 0 Å². The molecule has 1 atom stereocenters. The normalized spacial score (nSPS) is 18.3. The number of ether oxygens (including phenoxy) is 1. The number of hydrogen-bond donors (Lipinski definition) is 1. The molecule has 20 heavy (non-hydrogen) atoms. The predicted molar refractivity (Wildman–Crippen MR) is 72.6 cm³/mol. The predicted octanol–water partition coefficient (Wildman–Crippen LogP) is 2.99. The summed E-state index contributed by atoms with van der Waals surface area (Å²) in [7, 11) is 0. The number of hydrogen-bond acceptors (Lipinski definition) is 3. The van der Waals surface area contributed by atoms with Gasteiger partial charge in [0.05, 0.1) is 23.4 Å². The van der Waals surface area contributed by atoms with Crippen molar-refractivity contribution in [2.45, 2.75) is 38.2 Å². The quantitative estimate of drug-likeness (QED) is 0.919. The van der Waals surface area contributed by atoms with Crippen molar-refractivity contribution in [1.82, 2.24) is 0 Å². The van der Waals surface area contributed by atoms with Gasteiger partial charge in [0.2, 0.25) is 5.91 Å². The first-order chi connectivity index (χ1) is 9.69. The molecular formula is C15H17FN2O2. The van der Waals surface area contributed by atoms with Crippen LogP contribution in [0.15, 0.2) is 18.2 Å². The number of carbonyl (C=O) groups is 1. The molecule has 1 aliphatic heterocycles. The molecule has 0 spiro atoms. The zero-order valence-electron chi connectivity index (χ0n) is 11.2. The van der Waals surface area contributed by atoms with Crippen LogP contribution in [0.5, 0.6) is 0 Å². The molecule has 1 aliphatic rings. The van der Waals surface area contributed by atoms with Crippen molar-refractivity contribution < 1.29 is 13.9 Å². The summed E-state index contributed by atoms with van der Waals surface area (Å²) in [6, 6.07) is 5.84. The molecule has 0 saturated carbocycles. The molecule has 1 fully saturated rings. The zero-order valence-corrected chi connectivity index (χ0v) is 11.2. The molecule has 0 aromatic heterocycles. The second-order valence-corrected chi connectivity index (χ2v) is 4.88. The summed E-state index contributed by atoms with van der Waals surface area (Å²) in [4.78, 5) is 11.8. The summed E-state index contributed by atoms with van der Waals surface area (Å²) in [5.74, 6) is -0.825. The van der Waals surface area contributed by atoms with Crippen molar-refractivity contribution in [2.75, 3.05) is 11.9 Å². The molecule has 106 valence electrons. The minimum Gasteiger partial charge on any atom is -0.378 e. The van der Waals surface area contributed by atoms with E-state index in [4.69, 9.17) is 10.00 Å². The molecule has 1 saturated heterocycles. The third-order valence-electron chi connectivity index (χ3n) is 3.34. The van der Waals surface area contributed by atoms with Gasteiger partial charge in [0.15, 0.2) is 0 Å². The van der Waals surface area contributed by atoms with Crippen LogP contribution in [0.4, 0.5) is 10.1 Å². The van der Waals surface area contributed by atoms with E-state index >= 15 is 0 Å². The van der Waals surface area contributed by atoms with Gasteiger partial charge in [0, 0.05) is 13.0 Å². The Kier molecular flexibility index (Phi) is 5.08. The highest BCUT2D eigenvalue weighted by Crippen LogP contribution is 2.19. The van der Waals surface area contributed by atoms with Crippen LogP contribution < -0.4 is 5.32 Å². The van der Waals surface area contributed by atoms with E-state index in [2.05, 4.69) is 5.32 Å². The molecule has 2 rings (SSSR count). The molecule has 1 heterocycles. The Morgan fingerprint density at radius 1 is 1.50 bits per heavy atom. The van der Waals surface area contributed by atoms with E-state index in [1.54, 1.807) is 0 Å². The zero-order chi connectivity index (χ0) is 14.4. The fraction of sp³-hybridized carbons (Fsp3) is 0.467. The lowest BCUT2D eigenvalue weighted by molar-refractivity contribution is -0.117. The topological polar surface area (TPSA) is 62.1 Å². The summed E-state index contributed by atoms with van der Waals surface area (Å²) < 4.78 is 19.1. The van der Waals surface area contributed by atoms with Gasteiger partial charge in [-0.05, 0) is 43.9 Å². The van der Waals surface area contributed by atoms with Crippen LogP contribution in [0.25, 0.3) is 0 Å². The van der Waals surface area contributed by atoms with Crippen molar-refractivity contribution in [3.05, 3.63) is 29.6 Å². The Labute approximate surface area is 117 Å². The third-order valence-corrected chi connectivity index (χ3v) is 3.34. The summed E-state index contributed by atoms with van der Waals surface area (Å²) in [6.07, 6.45) is 4.31. The maximum atomic E-state index is 13.6. The van der Waals surface area contributed by atoms with Crippen molar-refractivity contribution in [3.63, 3.8) is 0 Å². The number of carbonyl (C=O) groups excluding carboxylic acids is 1. The molecule has 1 aromatic carbocycles. The van der Waals surface area contributed by atoms with Gasteiger partial charge in [0.25, 0.3) is 0 Å². The summed E-state index contributed by atoms with van der Waals surface area (Å²) in [6.45, 7) is 0.760. The highest BCUT2D eigenvalue weighted by Gasteiger charge is 2.16. The van der Waals surface area contributed by atoms with Gasteiger partial charge in [-0.15, -0.1) is 0 Å². The molecule has 0 radical (unpaired) electrons. The first-order valence-corrected chi connectivity index (χ1v) is 6.80. The van der Waals surface area contributed by atoms with Crippen LogP contribution in [-0.4, -0.2) is 18.6 Å². The highest BCUT2D eigenvalue weighted by atomic mass is 19.1. The third kappa shape index (κ3) is 4.04. The lowest BCUT2D eigenvalue weighted by Gasteiger charge is -2.22. The Balaban J connectivity index is 1.83. The molecule has 0 bridgehead atoms. The molecule has 1 aromatic rings. The van der Waals surface area contributed by atoms with E-state index in [9.17, 15) is 9.18 Å². The monoisotopic (exact) mass is 276 g/mol. The van der Waals surface area contributed by atoms with Crippen LogP contribution in [0.3, 0.4) is 0 Å². The molecule has 1 N–H and O–H groups in total. The van der Waals surface area contributed by atoms with Crippen LogP contribution in [0, 0.1) is 17.1 Å². The van der Waals surface area contributed by atoms with Crippen LogP contribution in [-0.2, 0) is 9.53 Å². The van der Waals surface area contributed by atoms with Gasteiger partial charge >= 0.3 is 0 Å². The summed E-state index contributed by atoms with van der Waals surface area (Å²) in [5.41, 5.74) is 0.342. The SMILES string of the molecule is N#Cc1ccc(NC(=O)CCC2CCCCO2)c(F)c1. The molecule has 1 unspecified atom stereocenters. The van der Waals surface area contributed by atoms with E-state index < -0.39 is 5.82 Å². The number of amides is 1. The second-order valence-electron chi connectivity index (χ2n) is 4.88. The van der Waals surface area contributed by atoms with E-state index in [0.717, 1.165) is 31.9 Å². The van der Waals surface area contributed by atoms with Crippen molar-refractivity contribution >= 4 is 11.6 Å². The minimum atomic E-state index is -0.591. The fourth-order valence-corrected chi connectivity index (χ4v) is 2.23. The van der Waals surface area contributed by atoms with Crippen molar-refractivity contribution in [1.29, 1.82) is 5.26 Å². The Morgan fingerprint density at radius 2 is 2.35 bits per heavy atom. The average Bonchev–Trinajstić information content (AvgIpc) is 2.48. The molecular weight excluding hydrogens is 259 g/mol. The molecule has 1 amide bonds. The number of nitrogens with zero attached hydrogens (tertiary/aromatic N) is 1. The van der Waals surface area contributed by atoms with Crippen molar-refractivity contribution in [3.8, 4) is 6.07 Å². The Bertz CT molecular complexity index is 519. The Morgan fingerprint density at radius 3 is 3.00 bits per heavy atom. The van der Waals surface area contributed by atoms with Gasteiger partial charge < -0.3 is 10.1 Å². The highest BCUT2D eigenvalue weighted by molar-refractivity contribution is 5.90. The van der Waals surface area contributed by atoms with Gasteiger partial charge in [-0.25, -0.2) is 4.39 Å². The van der Waals surface area contributed by atoms with Gasteiger partial charge in [-0.2, -0.15) is 5.26 Å². The standard InChI is InChI=1S/C15H17FN2O2/c16-13-9-11(10-17)4-6-14(13)18-15(19)7-5-12-3-1-2-8-20-12/h4,6,9,12H,1-3,5,7-8H2,(H,18,19). The van der Waals surface area contributed by atoms with E-state index in [0.29, 0.717) is 12.8 Å². The number of nitrogens with one attached hydrogen (secondary N) is 1. The smallest absolute Gasteiger partial charge is 0.224 e. The van der Waals surface area contributed by atoms with Gasteiger partial charge in [-0.3, -0.25) is 4.79 Å². The fourth-order valence-electron chi connectivity index (χ4n) is 2.23. The van der Waals surface area contributed by atoms with Crippen LogP contribution in [0.2, 0.25) is 0 Å². The maximum absolute atomic E-state index is 13.6.